The highest BCUT2D eigenvalue weighted by molar-refractivity contribution is 5.77. The highest BCUT2D eigenvalue weighted by Crippen LogP contribution is 2.26. The lowest BCUT2D eigenvalue weighted by Gasteiger charge is -2.33. The van der Waals surface area contributed by atoms with Crippen LogP contribution in [0.2, 0.25) is 0 Å². The van der Waals surface area contributed by atoms with Gasteiger partial charge in [0.15, 0.2) is 5.82 Å². The van der Waals surface area contributed by atoms with E-state index >= 15 is 0 Å². The van der Waals surface area contributed by atoms with Crippen molar-refractivity contribution in [1.29, 1.82) is 0 Å². The quantitative estimate of drug-likeness (QED) is 0.738. The van der Waals surface area contributed by atoms with Crippen molar-refractivity contribution < 1.29 is 14.7 Å². The molecule has 1 aromatic heterocycles. The molecule has 0 bridgehead atoms. The lowest BCUT2D eigenvalue weighted by molar-refractivity contribution is -0.137. The van der Waals surface area contributed by atoms with E-state index in [2.05, 4.69) is 15.6 Å². The molecule has 8 nitrogen and oxygen atoms in total. The molecule has 2 atom stereocenters. The molecule has 136 valence electrons. The number of carbonyl (C=O) groups is 2. The molecule has 26 heavy (non-hydrogen) atoms. The van der Waals surface area contributed by atoms with E-state index in [1.807, 2.05) is 30.3 Å². The van der Waals surface area contributed by atoms with Gasteiger partial charge < -0.3 is 15.7 Å². The Morgan fingerprint density at radius 1 is 1.35 bits per heavy atom. The molecule has 1 fully saturated rings. The molecule has 1 saturated heterocycles. The SMILES string of the molecule is Cc1cnc(N[C@@H]2CCC(=O)N[C@H]2c2ccccc2)c(=O)n1CC(=O)O. The van der Waals surface area contributed by atoms with Crippen LogP contribution in [0.15, 0.2) is 41.3 Å². The first-order chi connectivity index (χ1) is 12.5. The molecule has 0 radical (unpaired) electrons. The van der Waals surface area contributed by atoms with Gasteiger partial charge in [-0.15, -0.1) is 0 Å². The second-order valence-electron chi connectivity index (χ2n) is 6.28. The number of rotatable bonds is 5. The number of aliphatic carboxylic acids is 1. The van der Waals surface area contributed by atoms with E-state index in [1.54, 1.807) is 6.92 Å². The van der Waals surface area contributed by atoms with Crippen LogP contribution >= 0.6 is 0 Å². The summed E-state index contributed by atoms with van der Waals surface area (Å²) in [6.45, 7) is 1.21. The van der Waals surface area contributed by atoms with Crippen molar-refractivity contribution >= 4 is 17.7 Å². The van der Waals surface area contributed by atoms with E-state index < -0.39 is 18.1 Å². The Labute approximate surface area is 149 Å². The zero-order valence-corrected chi connectivity index (χ0v) is 14.3. The van der Waals surface area contributed by atoms with E-state index in [1.165, 1.54) is 6.20 Å². The number of carboxylic acids is 1. The average Bonchev–Trinajstić information content (AvgIpc) is 2.63. The predicted molar refractivity (Wildman–Crippen MR) is 94.8 cm³/mol. The number of aryl methyl sites for hydroxylation is 1. The molecule has 8 heteroatoms. The highest BCUT2D eigenvalue weighted by Gasteiger charge is 2.30. The van der Waals surface area contributed by atoms with E-state index in [0.29, 0.717) is 18.5 Å². The monoisotopic (exact) mass is 356 g/mol. The molecule has 1 amide bonds. The summed E-state index contributed by atoms with van der Waals surface area (Å²) in [5.41, 5.74) is 0.909. The third-order valence-corrected chi connectivity index (χ3v) is 4.43. The summed E-state index contributed by atoms with van der Waals surface area (Å²) in [6.07, 6.45) is 2.35. The number of benzene rings is 1. The number of hydrogen-bond donors (Lipinski definition) is 3. The van der Waals surface area contributed by atoms with Gasteiger partial charge in [-0.25, -0.2) is 4.98 Å². The minimum atomic E-state index is -1.10. The normalized spacial score (nSPS) is 19.7. The largest absolute Gasteiger partial charge is 0.480 e. The average molecular weight is 356 g/mol. The fourth-order valence-electron chi connectivity index (χ4n) is 3.11. The molecule has 3 N–H and O–H groups in total. The van der Waals surface area contributed by atoms with Crippen LogP contribution < -0.4 is 16.2 Å². The second kappa shape index (κ2) is 7.38. The fourth-order valence-corrected chi connectivity index (χ4v) is 3.11. The van der Waals surface area contributed by atoms with Crippen molar-refractivity contribution in [2.45, 2.75) is 38.4 Å². The van der Waals surface area contributed by atoms with Crippen molar-refractivity contribution in [2.24, 2.45) is 0 Å². The molecular weight excluding hydrogens is 336 g/mol. The minimum absolute atomic E-state index is 0.0444. The van der Waals surface area contributed by atoms with E-state index in [-0.39, 0.29) is 23.8 Å². The Bertz CT molecular complexity index is 879. The van der Waals surface area contributed by atoms with Crippen molar-refractivity contribution in [3.63, 3.8) is 0 Å². The maximum absolute atomic E-state index is 12.6. The first-order valence-electron chi connectivity index (χ1n) is 8.35. The second-order valence-corrected chi connectivity index (χ2v) is 6.28. The van der Waals surface area contributed by atoms with Gasteiger partial charge >= 0.3 is 5.97 Å². The zero-order chi connectivity index (χ0) is 18.7. The van der Waals surface area contributed by atoms with Gasteiger partial charge in [0, 0.05) is 18.3 Å². The summed E-state index contributed by atoms with van der Waals surface area (Å²) >= 11 is 0. The van der Waals surface area contributed by atoms with Gasteiger partial charge in [-0.1, -0.05) is 30.3 Å². The number of amides is 1. The number of nitrogens with zero attached hydrogens (tertiary/aromatic N) is 2. The smallest absolute Gasteiger partial charge is 0.323 e. The first-order valence-corrected chi connectivity index (χ1v) is 8.35. The van der Waals surface area contributed by atoms with Crippen molar-refractivity contribution in [3.8, 4) is 0 Å². The van der Waals surface area contributed by atoms with Crippen LogP contribution in [0.1, 0.15) is 30.1 Å². The maximum atomic E-state index is 12.6. The zero-order valence-electron chi connectivity index (χ0n) is 14.3. The molecule has 0 spiro atoms. The van der Waals surface area contributed by atoms with Gasteiger partial charge in [0.1, 0.15) is 6.54 Å². The molecule has 2 heterocycles. The minimum Gasteiger partial charge on any atom is -0.480 e. The Morgan fingerprint density at radius 2 is 2.08 bits per heavy atom. The van der Waals surface area contributed by atoms with E-state index in [0.717, 1.165) is 10.1 Å². The topological polar surface area (TPSA) is 113 Å². The Balaban J connectivity index is 1.90. The number of carbonyl (C=O) groups excluding carboxylic acids is 1. The van der Waals surface area contributed by atoms with Crippen molar-refractivity contribution in [2.75, 3.05) is 5.32 Å². The summed E-state index contributed by atoms with van der Waals surface area (Å²) in [5.74, 6) is -1.06. The molecule has 2 aromatic rings. The third-order valence-electron chi connectivity index (χ3n) is 4.43. The fraction of sp³-hybridized carbons (Fsp3) is 0.333. The van der Waals surface area contributed by atoms with Gasteiger partial charge in [-0.3, -0.25) is 19.0 Å². The molecule has 1 aliphatic heterocycles. The van der Waals surface area contributed by atoms with Gasteiger partial charge in [-0.2, -0.15) is 0 Å². The van der Waals surface area contributed by atoms with Crippen LogP contribution in [-0.2, 0) is 16.1 Å². The van der Waals surface area contributed by atoms with Crippen molar-refractivity contribution in [3.05, 3.63) is 58.1 Å². The standard InChI is InChI=1S/C18H20N4O4/c1-11-9-19-17(18(26)22(11)10-15(24)25)20-13-7-8-14(23)21-16(13)12-5-3-2-4-6-12/h2-6,9,13,16H,7-8,10H2,1H3,(H,19,20)(H,21,23)(H,24,25)/t13-,16+/m1/s1. The van der Waals surface area contributed by atoms with Crippen LogP contribution in [-0.4, -0.2) is 32.6 Å². The lowest BCUT2D eigenvalue weighted by Crippen LogP contribution is -2.46. The molecule has 0 unspecified atom stereocenters. The number of anilines is 1. The molecule has 1 aromatic carbocycles. The maximum Gasteiger partial charge on any atom is 0.323 e. The molecule has 3 rings (SSSR count). The summed E-state index contributed by atoms with van der Waals surface area (Å²) in [4.78, 5) is 39.6. The van der Waals surface area contributed by atoms with Gasteiger partial charge in [0.25, 0.3) is 5.56 Å². The van der Waals surface area contributed by atoms with Crippen LogP contribution in [0.25, 0.3) is 0 Å². The summed E-state index contributed by atoms with van der Waals surface area (Å²) in [5, 5.41) is 15.1. The van der Waals surface area contributed by atoms with Crippen LogP contribution in [0.4, 0.5) is 5.82 Å². The highest BCUT2D eigenvalue weighted by atomic mass is 16.4. The van der Waals surface area contributed by atoms with Gasteiger partial charge in [0.2, 0.25) is 5.91 Å². The van der Waals surface area contributed by atoms with Gasteiger partial charge in [-0.05, 0) is 18.9 Å². The lowest BCUT2D eigenvalue weighted by atomic mass is 9.92. The van der Waals surface area contributed by atoms with E-state index in [9.17, 15) is 14.4 Å². The number of aromatic nitrogens is 2. The first kappa shape index (κ1) is 17.7. The van der Waals surface area contributed by atoms with Crippen molar-refractivity contribution in [1.82, 2.24) is 14.9 Å². The Morgan fingerprint density at radius 3 is 2.77 bits per heavy atom. The molecule has 1 aliphatic rings. The summed E-state index contributed by atoms with van der Waals surface area (Å²) in [6, 6.07) is 8.97. The predicted octanol–water partition coefficient (Wildman–Crippen LogP) is 1.07. The summed E-state index contributed by atoms with van der Waals surface area (Å²) < 4.78 is 1.16. The number of piperidine rings is 1. The summed E-state index contributed by atoms with van der Waals surface area (Å²) in [7, 11) is 0. The molecule has 0 aliphatic carbocycles. The number of hydrogen-bond acceptors (Lipinski definition) is 5. The number of carboxylic acid groups (broad SMARTS) is 1. The van der Waals surface area contributed by atoms with Crippen LogP contribution in [0, 0.1) is 6.92 Å². The molecule has 0 saturated carbocycles. The van der Waals surface area contributed by atoms with Crippen LogP contribution in [0.5, 0.6) is 0 Å². The van der Waals surface area contributed by atoms with E-state index in [4.69, 9.17) is 5.11 Å². The Kier molecular flexibility index (Phi) is 5.01. The van der Waals surface area contributed by atoms with Gasteiger partial charge in [0.05, 0.1) is 12.1 Å². The Hall–Kier alpha value is -3.16. The number of nitrogens with one attached hydrogen (secondary N) is 2. The molecular formula is C18H20N4O4. The third kappa shape index (κ3) is 3.74. The van der Waals surface area contributed by atoms with Crippen LogP contribution in [0.3, 0.4) is 0 Å².